The summed E-state index contributed by atoms with van der Waals surface area (Å²) in [4.78, 5) is 71.7. The van der Waals surface area contributed by atoms with Gasteiger partial charge in [0.2, 0.25) is 0 Å². The van der Waals surface area contributed by atoms with E-state index in [9.17, 15) is 24.0 Å². The fourth-order valence-electron chi connectivity index (χ4n) is 5.97. The highest BCUT2D eigenvalue weighted by atomic mass is 16.2. The minimum Gasteiger partial charge on any atom is -0.380 e. The summed E-state index contributed by atoms with van der Waals surface area (Å²) in [7, 11) is 0. The van der Waals surface area contributed by atoms with Crippen LogP contribution < -0.4 is 16.0 Å². The fourth-order valence-corrected chi connectivity index (χ4v) is 5.97. The number of benzene rings is 2. The number of piperazine rings is 1. The largest absolute Gasteiger partial charge is 0.380 e. The molecule has 1 atom stereocenters. The summed E-state index contributed by atoms with van der Waals surface area (Å²) in [6.07, 6.45) is 1.82. The van der Waals surface area contributed by atoms with E-state index in [4.69, 9.17) is 5.73 Å². The minimum absolute atomic E-state index is 0.155. The Hall–Kier alpha value is -4.90. The summed E-state index contributed by atoms with van der Waals surface area (Å²) in [5.74, 6) is -2.05. The predicted molar refractivity (Wildman–Crippen MR) is 159 cm³/mol. The predicted octanol–water partition coefficient (Wildman–Crippen LogP) is 2.40. The van der Waals surface area contributed by atoms with E-state index in [1.165, 1.54) is 5.56 Å². The molecule has 11 heteroatoms. The number of amides is 3. The van der Waals surface area contributed by atoms with Crippen molar-refractivity contribution >= 4 is 40.7 Å². The van der Waals surface area contributed by atoms with Crippen molar-refractivity contribution < 1.29 is 24.0 Å². The van der Waals surface area contributed by atoms with Crippen LogP contribution in [0.4, 0.5) is 11.4 Å². The van der Waals surface area contributed by atoms with Crippen LogP contribution in [0.1, 0.15) is 61.6 Å². The molecule has 0 bridgehead atoms. The molecule has 3 N–H and O–H groups in total. The Balaban J connectivity index is 1.04. The van der Waals surface area contributed by atoms with Gasteiger partial charge in [0.05, 0.1) is 35.5 Å². The normalized spacial score (nSPS) is 19.1. The van der Waals surface area contributed by atoms with Crippen LogP contribution in [0.25, 0.3) is 0 Å². The van der Waals surface area contributed by atoms with Gasteiger partial charge in [-0.15, -0.1) is 0 Å². The maximum absolute atomic E-state index is 13.3. The molecule has 0 unspecified atom stereocenters. The first-order chi connectivity index (χ1) is 20.8. The molecule has 3 heterocycles. The first-order valence-corrected chi connectivity index (χ1v) is 14.4. The molecule has 0 spiro atoms. The number of carbonyl (C=O) groups is 5. The number of nitrogens with two attached hydrogens (primary N) is 1. The molecule has 3 aliphatic rings. The van der Waals surface area contributed by atoms with Crippen LogP contribution in [-0.2, 0) is 22.7 Å². The first-order valence-electron chi connectivity index (χ1n) is 14.4. The van der Waals surface area contributed by atoms with E-state index in [0.717, 1.165) is 48.9 Å². The highest BCUT2D eigenvalue weighted by Crippen LogP contribution is 2.33. The van der Waals surface area contributed by atoms with Crippen LogP contribution in [0.5, 0.6) is 0 Å². The van der Waals surface area contributed by atoms with Crippen LogP contribution in [0, 0.1) is 0 Å². The zero-order chi connectivity index (χ0) is 30.1. The average molecular weight is 581 g/mol. The Morgan fingerprint density at radius 1 is 0.907 bits per heavy atom. The molecule has 43 heavy (non-hydrogen) atoms. The number of Topliss-reactive ketones (excluding diaryl/α,β-unsaturated/α-hetero) is 2. The molecule has 3 amide bonds. The van der Waals surface area contributed by atoms with Crippen LogP contribution in [-0.4, -0.2) is 76.3 Å². The monoisotopic (exact) mass is 580 g/mol. The van der Waals surface area contributed by atoms with Gasteiger partial charge in [0.25, 0.3) is 17.7 Å². The van der Waals surface area contributed by atoms with Crippen molar-refractivity contribution in [3.05, 3.63) is 88.7 Å². The number of pyridine rings is 1. The second-order valence-corrected chi connectivity index (χ2v) is 11.1. The lowest BCUT2D eigenvalue weighted by atomic mass is 9.92. The first kappa shape index (κ1) is 28.2. The van der Waals surface area contributed by atoms with E-state index in [0.29, 0.717) is 12.2 Å². The standard InChI is InChI=1S/C32H32N6O5/c33-30(41)26-10-8-22(18-35-26)37-14-12-36(13-15-37)19-21-6-4-20(5-7-21)17-34-25-3-1-2-24-29(25)32(43)38(31(24)42)27-11-9-23(39)16-28(27)40/h1-8,10,18,27,34H,9,11-17,19H2,(H2,33,41)/t27-/m0/s1. The van der Waals surface area contributed by atoms with Crippen molar-refractivity contribution in [2.24, 2.45) is 5.73 Å². The molecule has 220 valence electrons. The number of primary amides is 1. The van der Waals surface area contributed by atoms with Crippen LogP contribution >= 0.6 is 0 Å². The maximum atomic E-state index is 13.3. The third-order valence-electron chi connectivity index (χ3n) is 8.35. The van der Waals surface area contributed by atoms with E-state index in [2.05, 4.69) is 32.2 Å². The number of carbonyl (C=O) groups excluding carboxylic acids is 5. The molecular weight excluding hydrogens is 548 g/mol. The number of aromatic nitrogens is 1. The summed E-state index contributed by atoms with van der Waals surface area (Å²) in [5.41, 5.74) is 9.82. The number of ketones is 2. The number of hydrogen-bond acceptors (Lipinski definition) is 9. The molecule has 2 aliphatic heterocycles. The number of hydrogen-bond donors (Lipinski definition) is 2. The van der Waals surface area contributed by atoms with Gasteiger partial charge in [0, 0.05) is 51.4 Å². The van der Waals surface area contributed by atoms with E-state index in [-0.39, 0.29) is 47.6 Å². The van der Waals surface area contributed by atoms with E-state index in [1.54, 1.807) is 30.5 Å². The highest BCUT2D eigenvalue weighted by molar-refractivity contribution is 6.25. The van der Waals surface area contributed by atoms with Crippen molar-refractivity contribution in [1.82, 2.24) is 14.8 Å². The Morgan fingerprint density at radius 3 is 2.33 bits per heavy atom. The number of fused-ring (bicyclic) bond motifs is 1. The van der Waals surface area contributed by atoms with Gasteiger partial charge >= 0.3 is 0 Å². The van der Waals surface area contributed by atoms with Crippen molar-refractivity contribution in [1.29, 1.82) is 0 Å². The second-order valence-electron chi connectivity index (χ2n) is 11.1. The molecule has 11 nitrogen and oxygen atoms in total. The molecule has 6 rings (SSSR count). The van der Waals surface area contributed by atoms with Crippen LogP contribution in [0.15, 0.2) is 60.8 Å². The average Bonchev–Trinajstić information content (AvgIpc) is 3.27. The number of anilines is 2. The third kappa shape index (κ3) is 5.76. The Bertz CT molecular complexity index is 1600. The molecule has 2 aromatic carbocycles. The second kappa shape index (κ2) is 11.8. The van der Waals surface area contributed by atoms with Gasteiger partial charge in [-0.3, -0.25) is 33.8 Å². The molecule has 1 aliphatic carbocycles. The number of imide groups is 1. The molecule has 2 fully saturated rings. The van der Waals surface area contributed by atoms with Gasteiger partial charge in [-0.05, 0) is 41.8 Å². The lowest BCUT2D eigenvalue weighted by Crippen LogP contribution is -2.47. The molecular formula is C32H32N6O5. The van der Waals surface area contributed by atoms with Gasteiger partial charge in [-0.25, -0.2) is 4.98 Å². The summed E-state index contributed by atoms with van der Waals surface area (Å²) in [6.45, 7) is 4.78. The minimum atomic E-state index is -0.889. The molecule has 0 radical (unpaired) electrons. The number of nitrogens with zero attached hydrogens (tertiary/aromatic N) is 4. The van der Waals surface area contributed by atoms with Gasteiger partial charge in [0.15, 0.2) is 5.78 Å². The number of nitrogens with one attached hydrogen (secondary N) is 1. The van der Waals surface area contributed by atoms with Gasteiger partial charge in [-0.1, -0.05) is 30.3 Å². The zero-order valence-corrected chi connectivity index (χ0v) is 23.6. The highest BCUT2D eigenvalue weighted by Gasteiger charge is 2.45. The van der Waals surface area contributed by atoms with E-state index in [1.807, 2.05) is 18.2 Å². The maximum Gasteiger partial charge on any atom is 0.267 e. The topological polar surface area (TPSA) is 146 Å². The molecule has 3 aromatic rings. The van der Waals surface area contributed by atoms with Gasteiger partial charge in [0.1, 0.15) is 11.5 Å². The van der Waals surface area contributed by atoms with Crippen molar-refractivity contribution in [2.75, 3.05) is 36.4 Å². The van der Waals surface area contributed by atoms with Crippen LogP contribution in [0.2, 0.25) is 0 Å². The zero-order valence-electron chi connectivity index (χ0n) is 23.6. The SMILES string of the molecule is NC(=O)c1ccc(N2CCN(Cc3ccc(CNc4cccc5c4C(=O)N([C@H]4CCC(=O)CC4=O)C5=O)cc3)CC2)cn1. The molecule has 1 aromatic heterocycles. The molecule has 1 saturated heterocycles. The Kier molecular flexibility index (Phi) is 7.73. The summed E-state index contributed by atoms with van der Waals surface area (Å²) in [5, 5.41) is 3.30. The third-order valence-corrected chi connectivity index (χ3v) is 8.35. The Morgan fingerprint density at radius 2 is 1.65 bits per heavy atom. The van der Waals surface area contributed by atoms with Gasteiger partial charge < -0.3 is 16.0 Å². The Labute approximate surface area is 248 Å². The molecule has 1 saturated carbocycles. The van der Waals surface area contributed by atoms with Gasteiger partial charge in [-0.2, -0.15) is 0 Å². The van der Waals surface area contributed by atoms with Crippen molar-refractivity contribution in [2.45, 2.75) is 38.4 Å². The van der Waals surface area contributed by atoms with E-state index < -0.39 is 23.8 Å². The number of rotatable bonds is 8. The van der Waals surface area contributed by atoms with E-state index >= 15 is 0 Å². The summed E-state index contributed by atoms with van der Waals surface area (Å²) in [6, 6.07) is 16.0. The van der Waals surface area contributed by atoms with Crippen molar-refractivity contribution in [3.63, 3.8) is 0 Å². The summed E-state index contributed by atoms with van der Waals surface area (Å²) < 4.78 is 0. The summed E-state index contributed by atoms with van der Waals surface area (Å²) >= 11 is 0. The lowest BCUT2D eigenvalue weighted by Gasteiger charge is -2.36. The smallest absolute Gasteiger partial charge is 0.267 e. The lowest BCUT2D eigenvalue weighted by molar-refractivity contribution is -0.132. The van der Waals surface area contributed by atoms with Crippen molar-refractivity contribution in [3.8, 4) is 0 Å². The van der Waals surface area contributed by atoms with Crippen LogP contribution in [0.3, 0.4) is 0 Å². The fraction of sp³-hybridized carbons (Fsp3) is 0.312. The quantitative estimate of drug-likeness (QED) is 0.303.